The largest absolute Gasteiger partial charge is 0.495 e. The summed E-state index contributed by atoms with van der Waals surface area (Å²) in [5.41, 5.74) is 5.47. The number of methoxy groups -OCH3 is 1. The van der Waals surface area contributed by atoms with Crippen molar-refractivity contribution in [2.24, 2.45) is 5.73 Å². The van der Waals surface area contributed by atoms with Gasteiger partial charge in [-0.1, -0.05) is 0 Å². The van der Waals surface area contributed by atoms with Gasteiger partial charge in [0.1, 0.15) is 11.6 Å². The maximum absolute atomic E-state index is 13.0. The molecule has 1 aromatic carbocycles. The number of nitrogens with one attached hydrogen (secondary N) is 1. The number of hydrogen-bond donors (Lipinski definition) is 3. The van der Waals surface area contributed by atoms with Gasteiger partial charge in [0.25, 0.3) is 0 Å². The Balaban J connectivity index is 2.80. The number of amides is 1. The van der Waals surface area contributed by atoms with Crippen molar-refractivity contribution < 1.29 is 23.8 Å². The standard InChI is InChI=1S/C11H13FN2O4/c1-18-9-3-2-6(12)4-8(9)14-11(17)7(13)5-10(15)16/h2-4,7H,5,13H2,1H3,(H,14,17)(H,15,16). The molecule has 4 N–H and O–H groups in total. The van der Waals surface area contributed by atoms with Crippen LogP contribution in [0.4, 0.5) is 10.1 Å². The quantitative estimate of drug-likeness (QED) is 0.715. The normalized spacial score (nSPS) is 11.7. The van der Waals surface area contributed by atoms with E-state index in [2.05, 4.69) is 5.32 Å². The van der Waals surface area contributed by atoms with Gasteiger partial charge in [-0.15, -0.1) is 0 Å². The van der Waals surface area contributed by atoms with Gasteiger partial charge in [-0.2, -0.15) is 0 Å². The van der Waals surface area contributed by atoms with E-state index in [1.165, 1.54) is 19.2 Å². The molecule has 1 amide bonds. The van der Waals surface area contributed by atoms with E-state index in [1.807, 2.05) is 0 Å². The number of carboxylic acids is 1. The van der Waals surface area contributed by atoms with E-state index in [4.69, 9.17) is 15.6 Å². The maximum Gasteiger partial charge on any atom is 0.305 e. The smallest absolute Gasteiger partial charge is 0.305 e. The SMILES string of the molecule is COc1ccc(F)cc1NC(=O)C(N)CC(=O)O. The molecular weight excluding hydrogens is 243 g/mol. The zero-order valence-electron chi connectivity index (χ0n) is 9.64. The van der Waals surface area contributed by atoms with Crippen molar-refractivity contribution in [2.75, 3.05) is 12.4 Å². The molecule has 1 unspecified atom stereocenters. The average Bonchev–Trinajstić information content (AvgIpc) is 2.28. The molecule has 0 radical (unpaired) electrons. The molecule has 1 aromatic rings. The Bertz CT molecular complexity index is 464. The molecule has 0 bridgehead atoms. The second-order valence-corrected chi connectivity index (χ2v) is 3.54. The van der Waals surface area contributed by atoms with Crippen LogP contribution >= 0.6 is 0 Å². The highest BCUT2D eigenvalue weighted by molar-refractivity contribution is 5.97. The van der Waals surface area contributed by atoms with Crippen molar-refractivity contribution in [2.45, 2.75) is 12.5 Å². The maximum atomic E-state index is 13.0. The Hall–Kier alpha value is -2.15. The van der Waals surface area contributed by atoms with Crippen LogP contribution in [0.1, 0.15) is 6.42 Å². The number of anilines is 1. The summed E-state index contributed by atoms with van der Waals surface area (Å²) < 4.78 is 17.9. The van der Waals surface area contributed by atoms with Gasteiger partial charge in [-0.3, -0.25) is 9.59 Å². The van der Waals surface area contributed by atoms with Crippen LogP contribution in [0, 0.1) is 5.82 Å². The molecule has 18 heavy (non-hydrogen) atoms. The van der Waals surface area contributed by atoms with Crippen LogP contribution in [0.15, 0.2) is 18.2 Å². The van der Waals surface area contributed by atoms with E-state index in [-0.39, 0.29) is 11.4 Å². The zero-order valence-corrected chi connectivity index (χ0v) is 9.64. The second kappa shape index (κ2) is 5.97. The number of halogens is 1. The predicted molar refractivity (Wildman–Crippen MR) is 61.8 cm³/mol. The summed E-state index contributed by atoms with van der Waals surface area (Å²) in [6.07, 6.45) is -0.510. The second-order valence-electron chi connectivity index (χ2n) is 3.54. The van der Waals surface area contributed by atoms with E-state index >= 15 is 0 Å². The third-order valence-corrected chi connectivity index (χ3v) is 2.15. The Morgan fingerprint density at radius 2 is 2.22 bits per heavy atom. The fraction of sp³-hybridized carbons (Fsp3) is 0.273. The van der Waals surface area contributed by atoms with E-state index in [9.17, 15) is 14.0 Å². The summed E-state index contributed by atoms with van der Waals surface area (Å²) in [4.78, 5) is 21.9. The highest BCUT2D eigenvalue weighted by atomic mass is 19.1. The van der Waals surface area contributed by atoms with E-state index in [0.29, 0.717) is 0 Å². The number of aliphatic carboxylic acids is 1. The number of hydrogen-bond acceptors (Lipinski definition) is 4. The lowest BCUT2D eigenvalue weighted by atomic mass is 10.2. The number of carbonyl (C=O) groups is 2. The Labute approximate surface area is 103 Å². The molecule has 0 aromatic heterocycles. The molecule has 0 saturated heterocycles. The molecule has 6 nitrogen and oxygen atoms in total. The van der Waals surface area contributed by atoms with Gasteiger partial charge in [-0.25, -0.2) is 4.39 Å². The zero-order chi connectivity index (χ0) is 13.7. The van der Waals surface area contributed by atoms with Crippen molar-refractivity contribution in [3.05, 3.63) is 24.0 Å². The van der Waals surface area contributed by atoms with Crippen molar-refractivity contribution >= 4 is 17.6 Å². The summed E-state index contributed by atoms with van der Waals surface area (Å²) in [5, 5.41) is 10.8. The van der Waals surface area contributed by atoms with E-state index < -0.39 is 30.2 Å². The molecular formula is C11H13FN2O4. The number of rotatable bonds is 5. The topological polar surface area (TPSA) is 102 Å². The summed E-state index contributed by atoms with van der Waals surface area (Å²) in [6, 6.07) is 2.36. The van der Waals surface area contributed by atoms with Gasteiger partial charge in [-0.05, 0) is 12.1 Å². The minimum absolute atomic E-state index is 0.100. The Morgan fingerprint density at radius 1 is 1.56 bits per heavy atom. The summed E-state index contributed by atoms with van der Waals surface area (Å²) in [5.74, 6) is -2.21. The monoisotopic (exact) mass is 256 g/mol. The highest BCUT2D eigenvalue weighted by Gasteiger charge is 2.18. The molecule has 0 fully saturated rings. The predicted octanol–water partition coefficient (Wildman–Crippen LogP) is 0.575. The molecule has 1 atom stereocenters. The molecule has 0 heterocycles. The third-order valence-electron chi connectivity index (χ3n) is 2.15. The lowest BCUT2D eigenvalue weighted by Gasteiger charge is -2.13. The summed E-state index contributed by atoms with van der Waals surface area (Å²) in [7, 11) is 1.36. The molecule has 0 saturated carbocycles. The van der Waals surface area contributed by atoms with Gasteiger partial charge < -0.3 is 20.9 Å². The molecule has 98 valence electrons. The Morgan fingerprint density at radius 3 is 2.78 bits per heavy atom. The number of carboxylic acid groups (broad SMARTS) is 1. The van der Waals surface area contributed by atoms with Crippen molar-refractivity contribution in [1.82, 2.24) is 0 Å². The summed E-state index contributed by atoms with van der Waals surface area (Å²) in [6.45, 7) is 0. The molecule has 0 aliphatic rings. The first-order chi connectivity index (χ1) is 8.43. The lowest BCUT2D eigenvalue weighted by molar-refractivity contribution is -0.138. The van der Waals surface area contributed by atoms with Gasteiger partial charge >= 0.3 is 5.97 Å². The first-order valence-electron chi connectivity index (χ1n) is 5.06. The van der Waals surface area contributed by atoms with Crippen LogP contribution in [0.3, 0.4) is 0 Å². The Kier molecular flexibility index (Phi) is 4.61. The van der Waals surface area contributed by atoms with Crippen LogP contribution in [0.25, 0.3) is 0 Å². The minimum atomic E-state index is -1.21. The minimum Gasteiger partial charge on any atom is -0.495 e. The lowest BCUT2D eigenvalue weighted by Crippen LogP contribution is -2.37. The van der Waals surface area contributed by atoms with Crippen molar-refractivity contribution in [3.8, 4) is 5.75 Å². The number of ether oxygens (including phenoxy) is 1. The number of carbonyl (C=O) groups excluding carboxylic acids is 1. The van der Waals surface area contributed by atoms with Gasteiger partial charge in [0.15, 0.2) is 0 Å². The van der Waals surface area contributed by atoms with Crippen LogP contribution in [0.2, 0.25) is 0 Å². The number of benzene rings is 1. The van der Waals surface area contributed by atoms with Gasteiger partial charge in [0.05, 0.1) is 25.3 Å². The van der Waals surface area contributed by atoms with Gasteiger partial charge in [0.2, 0.25) is 5.91 Å². The number of nitrogens with two attached hydrogens (primary N) is 1. The van der Waals surface area contributed by atoms with Crippen LogP contribution in [-0.2, 0) is 9.59 Å². The molecule has 0 aliphatic heterocycles. The van der Waals surface area contributed by atoms with Crippen molar-refractivity contribution in [3.63, 3.8) is 0 Å². The summed E-state index contributed by atoms with van der Waals surface area (Å²) >= 11 is 0. The highest BCUT2D eigenvalue weighted by Crippen LogP contribution is 2.24. The first-order valence-corrected chi connectivity index (χ1v) is 5.06. The average molecular weight is 256 g/mol. The molecule has 0 spiro atoms. The van der Waals surface area contributed by atoms with Gasteiger partial charge in [0, 0.05) is 6.07 Å². The van der Waals surface area contributed by atoms with Crippen LogP contribution in [-0.4, -0.2) is 30.1 Å². The third kappa shape index (κ3) is 3.70. The molecule has 7 heteroatoms. The van der Waals surface area contributed by atoms with E-state index in [0.717, 1.165) is 6.07 Å². The van der Waals surface area contributed by atoms with E-state index in [1.54, 1.807) is 0 Å². The first kappa shape index (κ1) is 13.9. The van der Waals surface area contributed by atoms with Crippen molar-refractivity contribution in [1.29, 1.82) is 0 Å². The molecule has 0 aliphatic carbocycles. The molecule has 1 rings (SSSR count). The fourth-order valence-corrected chi connectivity index (χ4v) is 1.28. The van der Waals surface area contributed by atoms with Crippen LogP contribution in [0.5, 0.6) is 5.75 Å². The van der Waals surface area contributed by atoms with Crippen LogP contribution < -0.4 is 15.8 Å². The fourth-order valence-electron chi connectivity index (χ4n) is 1.28.